The van der Waals surface area contributed by atoms with Gasteiger partial charge < -0.3 is 4.90 Å². The molecule has 1 amide bonds. The van der Waals surface area contributed by atoms with Gasteiger partial charge in [0.15, 0.2) is 0 Å². The lowest BCUT2D eigenvalue weighted by atomic mass is 9.66. The summed E-state index contributed by atoms with van der Waals surface area (Å²) in [7, 11) is 0. The van der Waals surface area contributed by atoms with Gasteiger partial charge in [0.2, 0.25) is 5.91 Å². The average Bonchev–Trinajstić information content (AvgIpc) is 2.15. The van der Waals surface area contributed by atoms with Crippen molar-refractivity contribution in [3.63, 3.8) is 0 Å². The Hall–Kier alpha value is -0.790. The third kappa shape index (κ3) is 1.58. The molecule has 2 rings (SSSR count). The number of carbonyl (C=O) groups excluding carboxylic acids is 1. The molecule has 0 atom stereocenters. The van der Waals surface area contributed by atoms with Gasteiger partial charge in [-0.1, -0.05) is 26.3 Å². The number of amides is 1. The normalized spacial score (nSPS) is 25.9. The van der Waals surface area contributed by atoms with Gasteiger partial charge in [0.05, 0.1) is 0 Å². The van der Waals surface area contributed by atoms with Crippen LogP contribution in [0, 0.1) is 11.3 Å². The molecule has 0 aromatic rings. The molecular formula is C12H19NO. The Morgan fingerprint density at radius 3 is 2.50 bits per heavy atom. The summed E-state index contributed by atoms with van der Waals surface area (Å²) in [5, 5.41) is 0. The highest BCUT2D eigenvalue weighted by Gasteiger charge is 2.45. The van der Waals surface area contributed by atoms with Crippen molar-refractivity contribution in [2.45, 2.75) is 32.6 Å². The summed E-state index contributed by atoms with van der Waals surface area (Å²) in [4.78, 5) is 13.2. The molecule has 78 valence electrons. The maximum Gasteiger partial charge on any atom is 0.245 e. The lowest BCUT2D eigenvalue weighted by Gasteiger charge is -2.53. The zero-order valence-electron chi connectivity index (χ0n) is 8.96. The summed E-state index contributed by atoms with van der Waals surface area (Å²) in [6, 6.07) is 0. The van der Waals surface area contributed by atoms with Gasteiger partial charge in [-0.25, -0.2) is 0 Å². The van der Waals surface area contributed by atoms with Crippen LogP contribution in [0.1, 0.15) is 32.6 Å². The van der Waals surface area contributed by atoms with Crippen molar-refractivity contribution >= 4 is 5.91 Å². The number of rotatable bonds is 1. The van der Waals surface area contributed by atoms with Crippen LogP contribution in [0.15, 0.2) is 12.7 Å². The fraction of sp³-hybridized carbons (Fsp3) is 0.750. The predicted molar refractivity (Wildman–Crippen MR) is 56.8 cm³/mol. The maximum atomic E-state index is 11.3. The molecule has 0 bridgehead atoms. The van der Waals surface area contributed by atoms with Gasteiger partial charge >= 0.3 is 0 Å². The first-order valence-corrected chi connectivity index (χ1v) is 5.57. The molecule has 0 radical (unpaired) electrons. The van der Waals surface area contributed by atoms with Crippen molar-refractivity contribution in [3.8, 4) is 0 Å². The molecule has 2 aliphatic rings. The van der Waals surface area contributed by atoms with E-state index >= 15 is 0 Å². The summed E-state index contributed by atoms with van der Waals surface area (Å²) in [5.41, 5.74) is 0.491. The monoisotopic (exact) mass is 193 g/mol. The van der Waals surface area contributed by atoms with Gasteiger partial charge in [-0.05, 0) is 24.8 Å². The Labute approximate surface area is 86.0 Å². The Bertz CT molecular complexity index is 243. The summed E-state index contributed by atoms with van der Waals surface area (Å²) in [5.74, 6) is 0.999. The lowest BCUT2D eigenvalue weighted by Crippen LogP contribution is -2.59. The third-order valence-electron chi connectivity index (χ3n) is 3.87. The number of carbonyl (C=O) groups is 1. The van der Waals surface area contributed by atoms with E-state index in [0.717, 1.165) is 19.0 Å². The summed E-state index contributed by atoms with van der Waals surface area (Å²) in [6.45, 7) is 7.80. The second-order valence-electron chi connectivity index (χ2n) is 5.08. The minimum atomic E-state index is 0.106. The van der Waals surface area contributed by atoms with Crippen LogP contribution in [0.3, 0.4) is 0 Å². The molecule has 1 aliphatic heterocycles. The molecule has 0 unspecified atom stereocenters. The van der Waals surface area contributed by atoms with E-state index in [1.807, 2.05) is 4.90 Å². The molecule has 2 nitrogen and oxygen atoms in total. The first-order valence-electron chi connectivity index (χ1n) is 5.57. The van der Waals surface area contributed by atoms with Crippen LogP contribution < -0.4 is 0 Å². The fourth-order valence-corrected chi connectivity index (χ4v) is 2.74. The van der Waals surface area contributed by atoms with Crippen molar-refractivity contribution in [3.05, 3.63) is 12.7 Å². The topological polar surface area (TPSA) is 20.3 Å². The van der Waals surface area contributed by atoms with Crippen LogP contribution in [0.5, 0.6) is 0 Å². The molecule has 1 aliphatic carbocycles. The minimum Gasteiger partial charge on any atom is -0.338 e. The quantitative estimate of drug-likeness (QED) is 0.585. The van der Waals surface area contributed by atoms with Crippen LogP contribution in [0.2, 0.25) is 0 Å². The van der Waals surface area contributed by atoms with Crippen LogP contribution in [0.4, 0.5) is 0 Å². The smallest absolute Gasteiger partial charge is 0.245 e. The highest BCUT2D eigenvalue weighted by atomic mass is 16.2. The van der Waals surface area contributed by atoms with Gasteiger partial charge in [-0.15, -0.1) is 0 Å². The zero-order valence-corrected chi connectivity index (χ0v) is 8.96. The van der Waals surface area contributed by atoms with Gasteiger partial charge in [-0.2, -0.15) is 0 Å². The standard InChI is InChI=1S/C12H19NO/c1-3-11(14)13-8-12(9-13)6-4-10(2)5-7-12/h3,10H,1,4-9H2,2H3. The zero-order chi connectivity index (χ0) is 10.2. The molecular weight excluding hydrogens is 174 g/mol. The minimum absolute atomic E-state index is 0.106. The van der Waals surface area contributed by atoms with Crippen LogP contribution in [0.25, 0.3) is 0 Å². The third-order valence-corrected chi connectivity index (χ3v) is 3.87. The van der Waals surface area contributed by atoms with Crippen molar-refractivity contribution in [2.75, 3.05) is 13.1 Å². The second-order valence-corrected chi connectivity index (χ2v) is 5.08. The Morgan fingerprint density at radius 2 is 2.00 bits per heavy atom. The van der Waals surface area contributed by atoms with Gasteiger partial charge in [0.25, 0.3) is 0 Å². The predicted octanol–water partition coefficient (Wildman–Crippen LogP) is 2.21. The molecule has 0 N–H and O–H groups in total. The van der Waals surface area contributed by atoms with Gasteiger partial charge in [0.1, 0.15) is 0 Å². The molecule has 1 saturated heterocycles. The molecule has 14 heavy (non-hydrogen) atoms. The SMILES string of the molecule is C=CC(=O)N1CC2(CCC(C)CC2)C1. The van der Waals surface area contributed by atoms with E-state index in [4.69, 9.17) is 0 Å². The van der Waals surface area contributed by atoms with E-state index in [1.54, 1.807) is 0 Å². The molecule has 0 aromatic carbocycles. The van der Waals surface area contributed by atoms with E-state index in [9.17, 15) is 4.79 Å². The van der Waals surface area contributed by atoms with Crippen LogP contribution >= 0.6 is 0 Å². The van der Waals surface area contributed by atoms with Crippen molar-refractivity contribution in [1.82, 2.24) is 4.90 Å². The first-order chi connectivity index (χ1) is 6.65. The Morgan fingerprint density at radius 1 is 1.43 bits per heavy atom. The largest absolute Gasteiger partial charge is 0.338 e. The van der Waals surface area contributed by atoms with E-state index in [1.165, 1.54) is 31.8 Å². The lowest BCUT2D eigenvalue weighted by molar-refractivity contribution is -0.140. The summed E-state index contributed by atoms with van der Waals surface area (Å²) < 4.78 is 0. The summed E-state index contributed by atoms with van der Waals surface area (Å²) in [6.07, 6.45) is 6.74. The number of likely N-dealkylation sites (tertiary alicyclic amines) is 1. The maximum absolute atomic E-state index is 11.3. The molecule has 1 spiro atoms. The van der Waals surface area contributed by atoms with E-state index in [-0.39, 0.29) is 5.91 Å². The molecule has 2 heteroatoms. The number of hydrogen-bond donors (Lipinski definition) is 0. The molecule has 0 aromatic heterocycles. The van der Waals surface area contributed by atoms with Crippen molar-refractivity contribution in [2.24, 2.45) is 11.3 Å². The van der Waals surface area contributed by atoms with Gasteiger partial charge in [0, 0.05) is 18.5 Å². The van der Waals surface area contributed by atoms with E-state index in [0.29, 0.717) is 5.41 Å². The molecule has 1 heterocycles. The summed E-state index contributed by atoms with van der Waals surface area (Å²) >= 11 is 0. The van der Waals surface area contributed by atoms with Crippen LogP contribution in [-0.4, -0.2) is 23.9 Å². The van der Waals surface area contributed by atoms with Crippen molar-refractivity contribution < 1.29 is 4.79 Å². The average molecular weight is 193 g/mol. The van der Waals surface area contributed by atoms with Crippen LogP contribution in [-0.2, 0) is 4.79 Å². The highest BCUT2D eigenvalue weighted by Crippen LogP contribution is 2.45. The van der Waals surface area contributed by atoms with E-state index in [2.05, 4.69) is 13.5 Å². The fourth-order valence-electron chi connectivity index (χ4n) is 2.74. The number of nitrogens with zero attached hydrogens (tertiary/aromatic N) is 1. The molecule has 1 saturated carbocycles. The molecule has 2 fully saturated rings. The Balaban J connectivity index is 1.86. The van der Waals surface area contributed by atoms with Crippen molar-refractivity contribution in [1.29, 1.82) is 0 Å². The highest BCUT2D eigenvalue weighted by molar-refractivity contribution is 5.87. The van der Waals surface area contributed by atoms with Gasteiger partial charge in [-0.3, -0.25) is 4.79 Å². The first kappa shape index (κ1) is 9.75. The Kier molecular flexibility index (Phi) is 2.38. The second kappa shape index (κ2) is 3.41. The van der Waals surface area contributed by atoms with E-state index < -0.39 is 0 Å². The number of hydrogen-bond acceptors (Lipinski definition) is 1.